The number of pyridine rings is 2. The van der Waals surface area contributed by atoms with Crippen molar-refractivity contribution in [3.63, 3.8) is 0 Å². The highest BCUT2D eigenvalue weighted by Crippen LogP contribution is 2.23. The third-order valence-corrected chi connectivity index (χ3v) is 3.83. The van der Waals surface area contributed by atoms with Crippen LogP contribution in [0.25, 0.3) is 28.2 Å². The fourth-order valence-corrected chi connectivity index (χ4v) is 2.57. The molecular weight excluding hydrogens is 298 g/mol. The molecule has 1 aromatic carbocycles. The average molecular weight is 315 g/mol. The number of rotatable bonds is 3. The van der Waals surface area contributed by atoms with E-state index in [1.165, 1.54) is 0 Å². The van der Waals surface area contributed by atoms with E-state index in [-0.39, 0.29) is 5.92 Å². The highest BCUT2D eigenvalue weighted by molar-refractivity contribution is 5.80. The van der Waals surface area contributed by atoms with E-state index in [1.807, 2.05) is 42.5 Å². The van der Waals surface area contributed by atoms with Gasteiger partial charge in [0.1, 0.15) is 5.69 Å². The van der Waals surface area contributed by atoms with Crippen molar-refractivity contribution >= 4 is 10.9 Å². The molecule has 5 heteroatoms. The number of hydrogen-bond donors (Lipinski definition) is 0. The normalized spacial score (nSPS) is 11.3. The molecule has 0 N–H and O–H groups in total. The summed E-state index contributed by atoms with van der Waals surface area (Å²) in [6.45, 7) is 4.16. The van der Waals surface area contributed by atoms with E-state index in [4.69, 9.17) is 9.97 Å². The molecule has 0 saturated heterocycles. The molecule has 5 nitrogen and oxygen atoms in total. The maximum absolute atomic E-state index is 4.75. The van der Waals surface area contributed by atoms with Crippen LogP contribution < -0.4 is 0 Å². The van der Waals surface area contributed by atoms with E-state index in [2.05, 4.69) is 36.1 Å². The van der Waals surface area contributed by atoms with Gasteiger partial charge >= 0.3 is 0 Å². The number of para-hydroxylation sites is 1. The Morgan fingerprint density at radius 1 is 0.875 bits per heavy atom. The molecule has 0 aliphatic heterocycles. The van der Waals surface area contributed by atoms with Gasteiger partial charge in [-0.3, -0.25) is 0 Å². The molecule has 0 radical (unpaired) electrons. The van der Waals surface area contributed by atoms with E-state index >= 15 is 0 Å². The molecule has 0 aliphatic rings. The van der Waals surface area contributed by atoms with Crippen LogP contribution >= 0.6 is 0 Å². The first-order valence-corrected chi connectivity index (χ1v) is 7.97. The Morgan fingerprint density at radius 3 is 2.50 bits per heavy atom. The summed E-state index contributed by atoms with van der Waals surface area (Å²) in [5, 5.41) is 5.75. The lowest BCUT2D eigenvalue weighted by Crippen LogP contribution is -2.03. The van der Waals surface area contributed by atoms with Gasteiger partial charge in [0.15, 0.2) is 17.5 Å². The highest BCUT2D eigenvalue weighted by atomic mass is 15.4. The van der Waals surface area contributed by atoms with Crippen molar-refractivity contribution in [3.05, 3.63) is 66.6 Å². The van der Waals surface area contributed by atoms with Gasteiger partial charge < -0.3 is 0 Å². The molecule has 4 aromatic rings. The van der Waals surface area contributed by atoms with Gasteiger partial charge in [0.2, 0.25) is 0 Å². The molecule has 0 unspecified atom stereocenters. The second-order valence-electron chi connectivity index (χ2n) is 5.94. The largest absolute Gasteiger partial charge is 0.244 e. The van der Waals surface area contributed by atoms with E-state index < -0.39 is 0 Å². The van der Waals surface area contributed by atoms with Gasteiger partial charge in [0.05, 0.1) is 5.52 Å². The summed E-state index contributed by atoms with van der Waals surface area (Å²) in [6.07, 6.45) is 1.75. The summed E-state index contributed by atoms with van der Waals surface area (Å²) in [5.41, 5.74) is 1.73. The van der Waals surface area contributed by atoms with Gasteiger partial charge in [-0.1, -0.05) is 44.2 Å². The van der Waals surface area contributed by atoms with Crippen LogP contribution in [-0.2, 0) is 0 Å². The van der Waals surface area contributed by atoms with Crippen molar-refractivity contribution in [2.45, 2.75) is 19.8 Å². The van der Waals surface area contributed by atoms with Crippen LogP contribution in [0.5, 0.6) is 0 Å². The average Bonchev–Trinajstić information content (AvgIpc) is 3.08. The summed E-state index contributed by atoms with van der Waals surface area (Å²) < 4.78 is 1.77. The fraction of sp³-hybridized carbons (Fsp3) is 0.158. The Morgan fingerprint density at radius 2 is 1.71 bits per heavy atom. The maximum atomic E-state index is 4.75. The Bertz CT molecular complexity index is 989. The molecule has 3 heterocycles. The van der Waals surface area contributed by atoms with Crippen molar-refractivity contribution in [3.8, 4) is 17.3 Å². The predicted octanol–water partition coefficient (Wildman–Crippen LogP) is 4.00. The maximum Gasteiger partial charge on any atom is 0.183 e. The van der Waals surface area contributed by atoms with E-state index in [1.54, 1.807) is 10.9 Å². The summed E-state index contributed by atoms with van der Waals surface area (Å²) in [7, 11) is 0. The number of aromatic nitrogens is 5. The van der Waals surface area contributed by atoms with Crippen molar-refractivity contribution in [1.29, 1.82) is 0 Å². The Kier molecular flexibility index (Phi) is 3.54. The summed E-state index contributed by atoms with van der Waals surface area (Å²) in [5.74, 6) is 2.46. The topological polar surface area (TPSA) is 56.5 Å². The van der Waals surface area contributed by atoms with Crippen LogP contribution in [0.4, 0.5) is 0 Å². The smallest absolute Gasteiger partial charge is 0.183 e. The molecule has 3 aromatic heterocycles. The van der Waals surface area contributed by atoms with Crippen molar-refractivity contribution in [1.82, 2.24) is 24.7 Å². The van der Waals surface area contributed by atoms with E-state index in [9.17, 15) is 0 Å². The van der Waals surface area contributed by atoms with Crippen LogP contribution in [0.3, 0.4) is 0 Å². The zero-order valence-electron chi connectivity index (χ0n) is 13.6. The number of fused-ring (bicyclic) bond motifs is 1. The SMILES string of the molecule is CC(C)c1nc(-c2ccc3ccccc3n2)n(-c2ccccn2)n1. The number of nitrogens with zero attached hydrogens (tertiary/aromatic N) is 5. The zero-order chi connectivity index (χ0) is 16.5. The van der Waals surface area contributed by atoms with Crippen LogP contribution in [0, 0.1) is 0 Å². The highest BCUT2D eigenvalue weighted by Gasteiger charge is 2.17. The van der Waals surface area contributed by atoms with Gasteiger partial charge in [-0.15, -0.1) is 5.10 Å². The molecule has 0 spiro atoms. The quantitative estimate of drug-likeness (QED) is 0.573. The van der Waals surface area contributed by atoms with Gasteiger partial charge in [0, 0.05) is 17.5 Å². The first kappa shape index (κ1) is 14.5. The molecule has 0 saturated carbocycles. The third-order valence-electron chi connectivity index (χ3n) is 3.83. The molecule has 0 bridgehead atoms. The molecule has 118 valence electrons. The Balaban J connectivity index is 1.92. The van der Waals surface area contributed by atoms with Crippen LogP contribution in [0.1, 0.15) is 25.6 Å². The predicted molar refractivity (Wildman–Crippen MR) is 94.0 cm³/mol. The second-order valence-corrected chi connectivity index (χ2v) is 5.94. The Labute approximate surface area is 140 Å². The summed E-state index contributed by atoms with van der Waals surface area (Å²) >= 11 is 0. The molecule has 0 fully saturated rings. The fourth-order valence-electron chi connectivity index (χ4n) is 2.57. The third kappa shape index (κ3) is 2.54. The summed E-state index contributed by atoms with van der Waals surface area (Å²) in [4.78, 5) is 13.9. The monoisotopic (exact) mass is 315 g/mol. The first-order valence-electron chi connectivity index (χ1n) is 7.97. The lowest BCUT2D eigenvalue weighted by Gasteiger charge is -2.05. The molecule has 24 heavy (non-hydrogen) atoms. The van der Waals surface area contributed by atoms with Crippen molar-refractivity contribution in [2.24, 2.45) is 0 Å². The molecule has 0 atom stereocenters. The molecule has 0 aliphatic carbocycles. The standard InChI is InChI=1S/C19H17N5/c1-13(2)18-22-19(24(23-18)17-9-5-6-12-20-17)16-11-10-14-7-3-4-8-15(14)21-16/h3-13H,1-2H3. The van der Waals surface area contributed by atoms with E-state index in [0.717, 1.165) is 28.2 Å². The first-order chi connectivity index (χ1) is 11.7. The summed E-state index contributed by atoms with van der Waals surface area (Å²) in [6, 6.07) is 17.8. The Hall–Kier alpha value is -3.08. The number of benzene rings is 1. The molecular formula is C19H17N5. The minimum absolute atomic E-state index is 0.231. The lowest BCUT2D eigenvalue weighted by atomic mass is 10.2. The van der Waals surface area contributed by atoms with Gasteiger partial charge in [0.25, 0.3) is 0 Å². The zero-order valence-corrected chi connectivity index (χ0v) is 13.6. The van der Waals surface area contributed by atoms with Crippen LogP contribution in [0.15, 0.2) is 60.8 Å². The number of hydrogen-bond acceptors (Lipinski definition) is 4. The van der Waals surface area contributed by atoms with E-state index in [0.29, 0.717) is 5.82 Å². The van der Waals surface area contributed by atoms with Gasteiger partial charge in [-0.05, 0) is 24.3 Å². The molecule has 4 rings (SSSR count). The van der Waals surface area contributed by atoms with Crippen molar-refractivity contribution in [2.75, 3.05) is 0 Å². The van der Waals surface area contributed by atoms with Gasteiger partial charge in [-0.2, -0.15) is 4.68 Å². The molecule has 0 amide bonds. The minimum atomic E-state index is 0.231. The van der Waals surface area contributed by atoms with Crippen LogP contribution in [-0.4, -0.2) is 24.7 Å². The van der Waals surface area contributed by atoms with Gasteiger partial charge in [-0.25, -0.2) is 15.0 Å². The minimum Gasteiger partial charge on any atom is -0.244 e. The second kappa shape index (κ2) is 5.85. The van der Waals surface area contributed by atoms with Crippen LogP contribution in [0.2, 0.25) is 0 Å². The lowest BCUT2D eigenvalue weighted by molar-refractivity contribution is 0.747. The van der Waals surface area contributed by atoms with Crippen molar-refractivity contribution < 1.29 is 0 Å².